The molecule has 0 radical (unpaired) electrons. The fraction of sp³-hybridized carbons (Fsp3) is 0.417. The van der Waals surface area contributed by atoms with E-state index >= 15 is 0 Å². The van der Waals surface area contributed by atoms with Crippen LogP contribution in [0.3, 0.4) is 0 Å². The number of hydrogen-bond acceptors (Lipinski definition) is 2. The molecule has 0 bridgehead atoms. The van der Waals surface area contributed by atoms with Gasteiger partial charge in [0, 0.05) is 24.0 Å². The highest BCUT2D eigenvalue weighted by atomic mass is 79.9. The van der Waals surface area contributed by atoms with Gasteiger partial charge in [-0.3, -0.25) is 4.79 Å². The van der Waals surface area contributed by atoms with Crippen LogP contribution in [0.1, 0.15) is 18.4 Å². The summed E-state index contributed by atoms with van der Waals surface area (Å²) in [7, 11) is 0. The molecule has 3 N–H and O–H groups in total. The van der Waals surface area contributed by atoms with Crippen LogP contribution in [0, 0.1) is 5.82 Å². The average molecular weight is 340 g/mol. The first-order chi connectivity index (χ1) is 8.13. The van der Waals surface area contributed by atoms with Crippen LogP contribution in [0.5, 0.6) is 0 Å². The molecule has 0 fully saturated rings. The van der Waals surface area contributed by atoms with Crippen molar-refractivity contribution in [3.05, 3.63) is 34.1 Å². The Balaban J connectivity index is 0.00000289. The van der Waals surface area contributed by atoms with Crippen molar-refractivity contribution in [1.82, 2.24) is 5.32 Å². The van der Waals surface area contributed by atoms with Gasteiger partial charge in [0.15, 0.2) is 0 Å². The normalized spacial score (nSPS) is 9.72. The van der Waals surface area contributed by atoms with Crippen molar-refractivity contribution in [2.75, 3.05) is 13.1 Å². The van der Waals surface area contributed by atoms with Crippen LogP contribution >= 0.6 is 28.3 Å². The number of rotatable bonds is 6. The van der Waals surface area contributed by atoms with E-state index in [4.69, 9.17) is 5.73 Å². The minimum Gasteiger partial charge on any atom is -0.356 e. The molecular formula is C12H17BrClFN2O. The number of hydrogen-bond donors (Lipinski definition) is 2. The van der Waals surface area contributed by atoms with Crippen molar-refractivity contribution in [2.45, 2.75) is 19.3 Å². The summed E-state index contributed by atoms with van der Waals surface area (Å²) in [6.07, 6.45) is 1.67. The Hall–Kier alpha value is -0.650. The van der Waals surface area contributed by atoms with Crippen LogP contribution in [-0.4, -0.2) is 19.0 Å². The first kappa shape index (κ1) is 17.4. The average Bonchev–Trinajstić information content (AvgIpc) is 2.27. The second kappa shape index (κ2) is 9.30. The van der Waals surface area contributed by atoms with Gasteiger partial charge in [-0.15, -0.1) is 12.4 Å². The fourth-order valence-electron chi connectivity index (χ4n) is 1.45. The molecular weight excluding hydrogens is 322 g/mol. The van der Waals surface area contributed by atoms with E-state index in [2.05, 4.69) is 21.2 Å². The van der Waals surface area contributed by atoms with E-state index < -0.39 is 0 Å². The number of carbonyl (C=O) groups is 1. The maximum Gasteiger partial charge on any atom is 0.221 e. The zero-order valence-corrected chi connectivity index (χ0v) is 12.3. The number of halogens is 3. The van der Waals surface area contributed by atoms with E-state index in [1.807, 2.05) is 6.07 Å². The lowest BCUT2D eigenvalue weighted by Crippen LogP contribution is -2.26. The van der Waals surface area contributed by atoms with Crippen molar-refractivity contribution in [1.29, 1.82) is 0 Å². The SMILES string of the molecule is Cl.NCCC(=O)NCCCc1ccc(Br)cc1F. The molecule has 18 heavy (non-hydrogen) atoms. The summed E-state index contributed by atoms with van der Waals surface area (Å²) < 4.78 is 14.2. The summed E-state index contributed by atoms with van der Waals surface area (Å²) in [6.45, 7) is 0.904. The maximum absolute atomic E-state index is 13.4. The summed E-state index contributed by atoms with van der Waals surface area (Å²) in [5.41, 5.74) is 5.91. The van der Waals surface area contributed by atoms with Crippen molar-refractivity contribution < 1.29 is 9.18 Å². The van der Waals surface area contributed by atoms with Gasteiger partial charge < -0.3 is 11.1 Å². The van der Waals surface area contributed by atoms with Crippen LogP contribution in [0.15, 0.2) is 22.7 Å². The molecule has 0 aliphatic heterocycles. The molecule has 0 aromatic heterocycles. The maximum atomic E-state index is 13.4. The number of aryl methyl sites for hydroxylation is 1. The molecule has 1 aromatic carbocycles. The Bertz CT molecular complexity index is 390. The number of amides is 1. The first-order valence-electron chi connectivity index (χ1n) is 5.54. The molecule has 0 saturated heterocycles. The monoisotopic (exact) mass is 338 g/mol. The first-order valence-corrected chi connectivity index (χ1v) is 6.33. The lowest BCUT2D eigenvalue weighted by molar-refractivity contribution is -0.120. The Morgan fingerprint density at radius 1 is 1.44 bits per heavy atom. The highest BCUT2D eigenvalue weighted by molar-refractivity contribution is 9.10. The van der Waals surface area contributed by atoms with Crippen molar-refractivity contribution in [2.24, 2.45) is 5.73 Å². The van der Waals surface area contributed by atoms with Crippen LogP contribution in [-0.2, 0) is 11.2 Å². The van der Waals surface area contributed by atoms with Crippen LogP contribution in [0.25, 0.3) is 0 Å². The largest absolute Gasteiger partial charge is 0.356 e. The molecule has 0 saturated carbocycles. The van der Waals surface area contributed by atoms with Crippen LogP contribution < -0.4 is 11.1 Å². The van der Waals surface area contributed by atoms with Gasteiger partial charge in [0.05, 0.1) is 0 Å². The zero-order chi connectivity index (χ0) is 12.7. The predicted octanol–water partition coefficient (Wildman–Crippen LogP) is 2.41. The minimum atomic E-state index is -0.215. The zero-order valence-electron chi connectivity index (χ0n) is 9.92. The predicted molar refractivity (Wildman–Crippen MR) is 76.4 cm³/mol. The van der Waals surface area contributed by atoms with Crippen LogP contribution in [0.4, 0.5) is 4.39 Å². The highest BCUT2D eigenvalue weighted by Gasteiger charge is 2.03. The fourth-order valence-corrected chi connectivity index (χ4v) is 1.78. The Kier molecular flexibility index (Phi) is 8.97. The van der Waals surface area contributed by atoms with Gasteiger partial charge >= 0.3 is 0 Å². The summed E-state index contributed by atoms with van der Waals surface area (Å²) in [6, 6.07) is 5.01. The molecule has 1 rings (SSSR count). The topological polar surface area (TPSA) is 55.1 Å². The third kappa shape index (κ3) is 6.33. The van der Waals surface area contributed by atoms with Gasteiger partial charge in [0.1, 0.15) is 5.82 Å². The Morgan fingerprint density at radius 3 is 2.78 bits per heavy atom. The molecule has 6 heteroatoms. The number of benzene rings is 1. The van der Waals surface area contributed by atoms with Gasteiger partial charge in [-0.1, -0.05) is 22.0 Å². The van der Waals surface area contributed by atoms with Crippen molar-refractivity contribution in [3.8, 4) is 0 Å². The summed E-state index contributed by atoms with van der Waals surface area (Å²) >= 11 is 3.21. The molecule has 1 aromatic rings. The molecule has 102 valence electrons. The standard InChI is InChI=1S/C12H16BrFN2O.ClH/c13-10-4-3-9(11(14)8-10)2-1-7-16-12(17)5-6-15;/h3-4,8H,1-2,5-7,15H2,(H,16,17);1H. The second-order valence-electron chi connectivity index (χ2n) is 3.73. The third-order valence-electron chi connectivity index (χ3n) is 2.33. The van der Waals surface area contributed by atoms with Gasteiger partial charge in [0.2, 0.25) is 5.91 Å². The van der Waals surface area contributed by atoms with Gasteiger partial charge in [-0.2, -0.15) is 0 Å². The van der Waals surface area contributed by atoms with Crippen LogP contribution in [0.2, 0.25) is 0 Å². The van der Waals surface area contributed by atoms with Gasteiger partial charge in [-0.25, -0.2) is 4.39 Å². The van der Waals surface area contributed by atoms with E-state index in [1.54, 1.807) is 6.07 Å². The van der Waals surface area contributed by atoms with E-state index in [1.165, 1.54) is 6.07 Å². The van der Waals surface area contributed by atoms with Crippen molar-refractivity contribution in [3.63, 3.8) is 0 Å². The molecule has 1 amide bonds. The summed E-state index contributed by atoms with van der Waals surface area (Å²) in [4.78, 5) is 11.1. The smallest absolute Gasteiger partial charge is 0.221 e. The molecule has 0 unspecified atom stereocenters. The molecule has 0 aliphatic carbocycles. The highest BCUT2D eigenvalue weighted by Crippen LogP contribution is 2.16. The summed E-state index contributed by atoms with van der Waals surface area (Å²) in [5.74, 6) is -0.267. The van der Waals surface area contributed by atoms with E-state index in [-0.39, 0.29) is 24.1 Å². The van der Waals surface area contributed by atoms with Gasteiger partial charge in [-0.05, 0) is 30.5 Å². The van der Waals surface area contributed by atoms with Crippen molar-refractivity contribution >= 4 is 34.2 Å². The number of nitrogens with two attached hydrogens (primary N) is 1. The molecule has 0 spiro atoms. The number of carbonyl (C=O) groups excluding carboxylic acids is 1. The summed E-state index contributed by atoms with van der Waals surface area (Å²) in [5, 5.41) is 2.73. The quantitative estimate of drug-likeness (QED) is 0.782. The molecule has 0 heterocycles. The Labute approximate surface area is 121 Å². The molecule has 0 atom stereocenters. The lowest BCUT2D eigenvalue weighted by Gasteiger charge is -2.05. The number of nitrogens with one attached hydrogen (secondary N) is 1. The minimum absolute atomic E-state index is 0. The molecule has 0 aliphatic rings. The Morgan fingerprint density at radius 2 is 2.17 bits per heavy atom. The third-order valence-corrected chi connectivity index (χ3v) is 2.82. The lowest BCUT2D eigenvalue weighted by atomic mass is 10.1. The van der Waals surface area contributed by atoms with E-state index in [9.17, 15) is 9.18 Å². The van der Waals surface area contributed by atoms with Gasteiger partial charge in [0.25, 0.3) is 0 Å². The van der Waals surface area contributed by atoms with E-state index in [0.717, 1.165) is 10.9 Å². The van der Waals surface area contributed by atoms with E-state index in [0.29, 0.717) is 31.5 Å². The second-order valence-corrected chi connectivity index (χ2v) is 4.64. The molecule has 3 nitrogen and oxygen atoms in total.